The molecule has 0 aromatic heterocycles. The molecule has 6 nitrogen and oxygen atoms in total. The molecule has 0 saturated heterocycles. The lowest BCUT2D eigenvalue weighted by Crippen LogP contribution is -2.11. The van der Waals surface area contributed by atoms with Crippen molar-refractivity contribution in [2.45, 2.75) is 27.7 Å². The Kier molecular flexibility index (Phi) is 7.13. The predicted molar refractivity (Wildman–Crippen MR) is 167 cm³/mol. The second-order valence-electron chi connectivity index (χ2n) is 10.1. The van der Waals surface area contributed by atoms with E-state index in [4.69, 9.17) is 18.9 Å². The molecule has 0 N–H and O–H groups in total. The molecular weight excluding hydrogens is 528 g/mol. The van der Waals surface area contributed by atoms with Gasteiger partial charge < -0.3 is 18.9 Å². The fourth-order valence-corrected chi connectivity index (χ4v) is 5.94. The van der Waals surface area contributed by atoms with Crippen LogP contribution in [-0.4, -0.2) is 25.5 Å². The maximum atomic E-state index is 12.6. The predicted octanol–water partition coefficient (Wildman–Crippen LogP) is 9.65. The van der Waals surface area contributed by atoms with Gasteiger partial charge in [0.1, 0.15) is 11.5 Å². The molecule has 0 fully saturated rings. The second kappa shape index (κ2) is 11.1. The van der Waals surface area contributed by atoms with Crippen molar-refractivity contribution in [2.24, 2.45) is 0 Å². The summed E-state index contributed by atoms with van der Waals surface area (Å²) in [6.45, 7) is 8.04. The number of benzene rings is 6. The Morgan fingerprint density at radius 3 is 1.24 bits per heavy atom. The Morgan fingerprint density at radius 1 is 0.500 bits per heavy atom. The minimum absolute atomic E-state index is 0.212. The van der Waals surface area contributed by atoms with E-state index in [1.54, 1.807) is 13.8 Å². The van der Waals surface area contributed by atoms with Crippen molar-refractivity contribution in [1.82, 2.24) is 0 Å². The number of hydrogen-bond acceptors (Lipinski definition) is 6. The first-order chi connectivity index (χ1) is 20.4. The summed E-state index contributed by atoms with van der Waals surface area (Å²) in [6.07, 6.45) is -1.49. The van der Waals surface area contributed by atoms with E-state index in [-0.39, 0.29) is 13.2 Å². The summed E-state index contributed by atoms with van der Waals surface area (Å²) < 4.78 is 22.1. The van der Waals surface area contributed by atoms with Gasteiger partial charge in [-0.1, -0.05) is 84.9 Å². The Balaban J connectivity index is 1.82. The average molecular weight is 559 g/mol. The molecule has 210 valence electrons. The monoisotopic (exact) mass is 558 g/mol. The molecule has 6 heteroatoms. The third kappa shape index (κ3) is 4.45. The SMILES string of the molecule is CCOC(=O)Oc1c2ccccc2c(-c2c3ccccc3c(OC(=O)OCC)c3cccc(C)c23)c2c(C)cccc12. The van der Waals surface area contributed by atoms with E-state index in [1.807, 2.05) is 60.7 Å². The molecule has 0 unspecified atom stereocenters. The fraction of sp³-hybridized carbons (Fsp3) is 0.167. The molecule has 0 heterocycles. The van der Waals surface area contributed by atoms with E-state index in [9.17, 15) is 9.59 Å². The highest BCUT2D eigenvalue weighted by molar-refractivity contribution is 6.27. The third-order valence-corrected chi connectivity index (χ3v) is 7.56. The van der Waals surface area contributed by atoms with Gasteiger partial charge in [-0.2, -0.15) is 0 Å². The fourth-order valence-electron chi connectivity index (χ4n) is 5.94. The minimum atomic E-state index is -0.745. The van der Waals surface area contributed by atoms with Gasteiger partial charge in [-0.05, 0) is 71.5 Å². The van der Waals surface area contributed by atoms with Crippen LogP contribution >= 0.6 is 0 Å². The van der Waals surface area contributed by atoms with Crippen LogP contribution in [0.25, 0.3) is 54.2 Å². The molecule has 42 heavy (non-hydrogen) atoms. The van der Waals surface area contributed by atoms with Crippen LogP contribution in [0.2, 0.25) is 0 Å². The molecule has 0 radical (unpaired) electrons. The molecule has 0 saturated carbocycles. The molecule has 0 atom stereocenters. The van der Waals surface area contributed by atoms with Crippen LogP contribution in [0.15, 0.2) is 84.9 Å². The molecule has 6 aromatic carbocycles. The summed E-state index contributed by atoms with van der Waals surface area (Å²) in [6, 6.07) is 27.9. The zero-order valence-electron chi connectivity index (χ0n) is 23.9. The molecule has 6 aromatic rings. The van der Waals surface area contributed by atoms with E-state index in [1.165, 1.54) is 0 Å². The smallest absolute Gasteiger partial charge is 0.434 e. The summed E-state index contributed by atoms with van der Waals surface area (Å²) in [4.78, 5) is 25.2. The normalized spacial score (nSPS) is 11.2. The van der Waals surface area contributed by atoms with Gasteiger partial charge in [0.05, 0.1) is 13.2 Å². The van der Waals surface area contributed by atoms with Gasteiger partial charge in [-0.25, -0.2) is 9.59 Å². The number of hydrogen-bond donors (Lipinski definition) is 0. The number of ether oxygens (including phenoxy) is 4. The van der Waals surface area contributed by atoms with Gasteiger partial charge >= 0.3 is 12.3 Å². The van der Waals surface area contributed by atoms with Crippen molar-refractivity contribution in [3.8, 4) is 22.6 Å². The van der Waals surface area contributed by atoms with Crippen molar-refractivity contribution in [1.29, 1.82) is 0 Å². The Labute approximate surface area is 243 Å². The first-order valence-electron chi connectivity index (χ1n) is 14.0. The summed E-state index contributed by atoms with van der Waals surface area (Å²) in [5.74, 6) is 0.915. The largest absolute Gasteiger partial charge is 0.513 e. The van der Waals surface area contributed by atoms with Gasteiger partial charge in [0.2, 0.25) is 0 Å². The lowest BCUT2D eigenvalue weighted by Gasteiger charge is -2.22. The lowest BCUT2D eigenvalue weighted by atomic mass is 9.83. The number of aryl methyl sites for hydroxylation is 2. The highest BCUT2D eigenvalue weighted by Gasteiger charge is 2.25. The van der Waals surface area contributed by atoms with Gasteiger partial charge in [-0.3, -0.25) is 0 Å². The van der Waals surface area contributed by atoms with Crippen LogP contribution < -0.4 is 9.47 Å². The number of carbonyl (C=O) groups excluding carboxylic acids is 2. The average Bonchev–Trinajstić information content (AvgIpc) is 2.98. The van der Waals surface area contributed by atoms with Crippen LogP contribution in [0, 0.1) is 13.8 Å². The Morgan fingerprint density at radius 2 is 0.857 bits per heavy atom. The standard InChI is InChI=1S/C36H30O6/c1-5-39-35(37)41-33-25-17-9-7-15-23(25)31(29-21(3)13-11-19-27(29)33)32-24-16-8-10-18-26(24)34(42-36(38)40-6-2)28-20-12-14-22(4)30(28)32/h7-20H,5-6H2,1-4H3. The summed E-state index contributed by atoms with van der Waals surface area (Å²) in [7, 11) is 0. The Hall–Kier alpha value is -5.10. The molecule has 0 aliphatic carbocycles. The third-order valence-electron chi connectivity index (χ3n) is 7.56. The van der Waals surface area contributed by atoms with Gasteiger partial charge in [0.25, 0.3) is 0 Å². The van der Waals surface area contributed by atoms with E-state index in [0.717, 1.165) is 65.3 Å². The number of carbonyl (C=O) groups is 2. The highest BCUT2D eigenvalue weighted by atomic mass is 16.7. The van der Waals surface area contributed by atoms with Crippen molar-refractivity contribution < 1.29 is 28.5 Å². The minimum Gasteiger partial charge on any atom is -0.434 e. The van der Waals surface area contributed by atoms with Crippen molar-refractivity contribution in [2.75, 3.05) is 13.2 Å². The van der Waals surface area contributed by atoms with Gasteiger partial charge in [-0.15, -0.1) is 0 Å². The topological polar surface area (TPSA) is 71.1 Å². The first kappa shape index (κ1) is 27.1. The van der Waals surface area contributed by atoms with Crippen molar-refractivity contribution >= 4 is 55.4 Å². The van der Waals surface area contributed by atoms with Crippen LogP contribution in [0.1, 0.15) is 25.0 Å². The first-order valence-corrected chi connectivity index (χ1v) is 14.0. The van der Waals surface area contributed by atoms with Crippen LogP contribution in [0.4, 0.5) is 9.59 Å². The molecule has 0 bridgehead atoms. The van der Waals surface area contributed by atoms with Crippen LogP contribution in [0.3, 0.4) is 0 Å². The highest BCUT2D eigenvalue weighted by Crippen LogP contribution is 2.51. The molecule has 6 rings (SSSR count). The van der Waals surface area contributed by atoms with Gasteiger partial charge in [0.15, 0.2) is 0 Å². The van der Waals surface area contributed by atoms with Crippen LogP contribution in [0.5, 0.6) is 11.5 Å². The molecule has 0 spiro atoms. The lowest BCUT2D eigenvalue weighted by molar-refractivity contribution is 0.104. The zero-order chi connectivity index (χ0) is 29.4. The van der Waals surface area contributed by atoms with E-state index >= 15 is 0 Å². The van der Waals surface area contributed by atoms with Crippen molar-refractivity contribution in [3.63, 3.8) is 0 Å². The number of rotatable bonds is 5. The van der Waals surface area contributed by atoms with Crippen LogP contribution in [-0.2, 0) is 9.47 Å². The molecule has 0 aliphatic heterocycles. The molecule has 0 aliphatic rings. The summed E-state index contributed by atoms with van der Waals surface area (Å²) in [5.41, 5.74) is 4.07. The zero-order valence-corrected chi connectivity index (χ0v) is 23.9. The number of fused-ring (bicyclic) bond motifs is 4. The van der Waals surface area contributed by atoms with Crippen molar-refractivity contribution in [3.05, 3.63) is 96.1 Å². The quantitative estimate of drug-likeness (QED) is 0.119. The molecular formula is C36H30O6. The van der Waals surface area contributed by atoms with E-state index in [2.05, 4.69) is 38.1 Å². The maximum absolute atomic E-state index is 12.6. The second-order valence-corrected chi connectivity index (χ2v) is 10.1. The van der Waals surface area contributed by atoms with E-state index < -0.39 is 12.3 Å². The maximum Gasteiger partial charge on any atom is 0.513 e. The summed E-state index contributed by atoms with van der Waals surface area (Å²) in [5, 5.41) is 6.95. The van der Waals surface area contributed by atoms with Gasteiger partial charge in [0, 0.05) is 21.5 Å². The van der Waals surface area contributed by atoms with E-state index in [0.29, 0.717) is 11.5 Å². The Bertz CT molecular complexity index is 1880. The molecule has 0 amide bonds. The summed E-state index contributed by atoms with van der Waals surface area (Å²) >= 11 is 0.